The molecule has 0 aliphatic carbocycles. The van der Waals surface area contributed by atoms with Gasteiger partial charge in [-0.15, -0.1) is 0 Å². The fourth-order valence-corrected chi connectivity index (χ4v) is 4.14. The first kappa shape index (κ1) is 19.2. The number of amides is 2. The van der Waals surface area contributed by atoms with Crippen LogP contribution in [0, 0.1) is 0 Å². The van der Waals surface area contributed by atoms with Crippen LogP contribution in [0.4, 0.5) is 4.79 Å². The third kappa shape index (κ3) is 6.41. The first-order valence-electron chi connectivity index (χ1n) is 8.08. The van der Waals surface area contributed by atoms with Gasteiger partial charge >= 0.3 is 6.03 Å². The second kappa shape index (κ2) is 8.82. The fraction of sp³-hybridized carbons (Fsp3) is 0.562. The monoisotopic (exact) mass is 417 g/mol. The van der Waals surface area contributed by atoms with Crippen LogP contribution in [0.15, 0.2) is 28.7 Å². The zero-order valence-corrected chi connectivity index (χ0v) is 16.2. The molecule has 0 radical (unpaired) electrons. The van der Waals surface area contributed by atoms with E-state index in [1.54, 1.807) is 0 Å². The van der Waals surface area contributed by atoms with E-state index >= 15 is 0 Å². The number of carbonyl (C=O) groups is 1. The van der Waals surface area contributed by atoms with Crippen molar-refractivity contribution in [2.75, 3.05) is 25.9 Å². The summed E-state index contributed by atoms with van der Waals surface area (Å²) in [6.07, 6.45) is 4.52. The number of carbonyl (C=O) groups excluding carboxylic acids is 1. The van der Waals surface area contributed by atoms with Crippen LogP contribution in [0.1, 0.15) is 24.8 Å². The standard InChI is InChI=1S/C16H24BrN3O3S/c1-24(22,23)20-10-4-8-15(12-20)19-16(21)18-9-3-6-13-5-2-7-14(17)11-13/h2,5,7,11,15H,3-4,6,8-10,12H2,1H3,(H2,18,19,21). The zero-order chi connectivity index (χ0) is 17.6. The van der Waals surface area contributed by atoms with Crippen LogP contribution in [0.2, 0.25) is 0 Å². The third-order valence-electron chi connectivity index (χ3n) is 4.01. The number of hydrogen-bond acceptors (Lipinski definition) is 3. The molecule has 0 aromatic heterocycles. The highest BCUT2D eigenvalue weighted by Gasteiger charge is 2.26. The van der Waals surface area contributed by atoms with Crippen molar-refractivity contribution in [1.82, 2.24) is 14.9 Å². The largest absolute Gasteiger partial charge is 0.338 e. The smallest absolute Gasteiger partial charge is 0.315 e. The van der Waals surface area contributed by atoms with Gasteiger partial charge in [0.25, 0.3) is 0 Å². The van der Waals surface area contributed by atoms with E-state index in [0.717, 1.165) is 30.2 Å². The molecule has 1 aliphatic rings. The molecule has 1 saturated heterocycles. The van der Waals surface area contributed by atoms with Gasteiger partial charge in [0.15, 0.2) is 0 Å². The maximum Gasteiger partial charge on any atom is 0.315 e. The summed E-state index contributed by atoms with van der Waals surface area (Å²) in [6, 6.07) is 7.76. The minimum absolute atomic E-state index is 0.126. The van der Waals surface area contributed by atoms with Gasteiger partial charge in [-0.25, -0.2) is 17.5 Å². The van der Waals surface area contributed by atoms with Crippen molar-refractivity contribution in [3.8, 4) is 0 Å². The molecule has 1 fully saturated rings. The van der Waals surface area contributed by atoms with Crippen LogP contribution in [0.3, 0.4) is 0 Å². The highest BCUT2D eigenvalue weighted by molar-refractivity contribution is 9.10. The summed E-state index contributed by atoms with van der Waals surface area (Å²) in [6.45, 7) is 1.47. The number of aryl methyl sites for hydroxylation is 1. The molecule has 1 unspecified atom stereocenters. The van der Waals surface area contributed by atoms with E-state index in [1.165, 1.54) is 16.1 Å². The van der Waals surface area contributed by atoms with Crippen molar-refractivity contribution in [1.29, 1.82) is 0 Å². The molecule has 2 amide bonds. The van der Waals surface area contributed by atoms with Gasteiger partial charge in [-0.3, -0.25) is 0 Å². The summed E-state index contributed by atoms with van der Waals surface area (Å²) < 4.78 is 25.6. The molecule has 0 spiro atoms. The van der Waals surface area contributed by atoms with Crippen molar-refractivity contribution in [2.45, 2.75) is 31.7 Å². The van der Waals surface area contributed by atoms with Crippen molar-refractivity contribution in [3.05, 3.63) is 34.3 Å². The summed E-state index contributed by atoms with van der Waals surface area (Å²) in [5, 5.41) is 5.70. The first-order valence-corrected chi connectivity index (χ1v) is 10.7. The lowest BCUT2D eigenvalue weighted by Crippen LogP contribution is -2.51. The normalized spacial score (nSPS) is 19.0. The average molecular weight is 418 g/mol. The van der Waals surface area contributed by atoms with Crippen LogP contribution >= 0.6 is 15.9 Å². The highest BCUT2D eigenvalue weighted by Crippen LogP contribution is 2.13. The molecule has 1 aliphatic heterocycles. The number of nitrogens with one attached hydrogen (secondary N) is 2. The van der Waals surface area contributed by atoms with E-state index < -0.39 is 10.0 Å². The Bertz CT molecular complexity index is 666. The number of nitrogens with zero attached hydrogens (tertiary/aromatic N) is 1. The predicted molar refractivity (Wildman–Crippen MR) is 98.4 cm³/mol. The van der Waals surface area contributed by atoms with Crippen LogP contribution in [0.5, 0.6) is 0 Å². The SMILES string of the molecule is CS(=O)(=O)N1CCCC(NC(=O)NCCCc2cccc(Br)c2)C1. The minimum Gasteiger partial charge on any atom is -0.338 e. The first-order chi connectivity index (χ1) is 11.3. The summed E-state index contributed by atoms with van der Waals surface area (Å²) >= 11 is 3.44. The Balaban J connectivity index is 1.68. The number of piperidine rings is 1. The summed E-state index contributed by atoms with van der Waals surface area (Å²) in [5.74, 6) is 0. The zero-order valence-electron chi connectivity index (χ0n) is 13.8. The Kier molecular flexibility index (Phi) is 7.06. The molecule has 1 aromatic rings. The van der Waals surface area contributed by atoms with E-state index in [2.05, 4.69) is 38.7 Å². The Morgan fingerprint density at radius 2 is 2.21 bits per heavy atom. The van der Waals surface area contributed by atoms with Crippen LogP contribution in [-0.4, -0.2) is 50.7 Å². The second-order valence-electron chi connectivity index (χ2n) is 6.09. The van der Waals surface area contributed by atoms with E-state index in [9.17, 15) is 13.2 Å². The van der Waals surface area contributed by atoms with Gasteiger partial charge in [-0.2, -0.15) is 0 Å². The van der Waals surface area contributed by atoms with Crippen LogP contribution in [0.25, 0.3) is 0 Å². The van der Waals surface area contributed by atoms with E-state index in [1.807, 2.05) is 12.1 Å². The van der Waals surface area contributed by atoms with Crippen LogP contribution < -0.4 is 10.6 Å². The van der Waals surface area contributed by atoms with Gasteiger partial charge in [0, 0.05) is 30.1 Å². The van der Waals surface area contributed by atoms with Gasteiger partial charge in [0.1, 0.15) is 0 Å². The fourth-order valence-electron chi connectivity index (χ4n) is 2.78. The number of urea groups is 1. The van der Waals surface area contributed by atoms with Crippen molar-refractivity contribution >= 4 is 32.0 Å². The molecular weight excluding hydrogens is 394 g/mol. The lowest BCUT2D eigenvalue weighted by atomic mass is 10.1. The lowest BCUT2D eigenvalue weighted by Gasteiger charge is -2.31. The summed E-state index contributed by atoms with van der Waals surface area (Å²) in [5.41, 5.74) is 1.22. The van der Waals surface area contributed by atoms with E-state index in [4.69, 9.17) is 0 Å². The molecule has 0 saturated carbocycles. The van der Waals surface area contributed by atoms with E-state index in [-0.39, 0.29) is 12.1 Å². The molecule has 24 heavy (non-hydrogen) atoms. The number of halogens is 1. The molecule has 1 heterocycles. The average Bonchev–Trinajstić information content (AvgIpc) is 2.51. The Hall–Kier alpha value is -1.12. The van der Waals surface area contributed by atoms with E-state index in [0.29, 0.717) is 19.6 Å². The molecule has 1 atom stereocenters. The van der Waals surface area contributed by atoms with Crippen molar-refractivity contribution in [3.63, 3.8) is 0 Å². The Labute approximate surface area is 152 Å². The van der Waals surface area contributed by atoms with Gasteiger partial charge < -0.3 is 10.6 Å². The molecular formula is C16H24BrN3O3S. The number of rotatable bonds is 6. The lowest BCUT2D eigenvalue weighted by molar-refractivity contribution is 0.226. The second-order valence-corrected chi connectivity index (χ2v) is 8.99. The maximum atomic E-state index is 11.9. The molecule has 2 N–H and O–H groups in total. The van der Waals surface area contributed by atoms with Gasteiger partial charge in [0.05, 0.1) is 6.26 Å². The summed E-state index contributed by atoms with van der Waals surface area (Å²) in [4.78, 5) is 11.9. The number of sulfonamides is 1. The molecule has 134 valence electrons. The van der Waals surface area contributed by atoms with Crippen molar-refractivity contribution in [2.24, 2.45) is 0 Å². The number of hydrogen-bond donors (Lipinski definition) is 2. The minimum atomic E-state index is -3.19. The van der Waals surface area contributed by atoms with Crippen molar-refractivity contribution < 1.29 is 13.2 Å². The Morgan fingerprint density at radius 3 is 2.92 bits per heavy atom. The molecule has 0 bridgehead atoms. The maximum absolute atomic E-state index is 11.9. The predicted octanol–water partition coefficient (Wildman–Crippen LogP) is 2.10. The van der Waals surface area contributed by atoms with Gasteiger partial charge in [0.2, 0.25) is 10.0 Å². The summed E-state index contributed by atoms with van der Waals surface area (Å²) in [7, 11) is -3.19. The highest BCUT2D eigenvalue weighted by atomic mass is 79.9. The molecule has 1 aromatic carbocycles. The number of benzene rings is 1. The van der Waals surface area contributed by atoms with Crippen LogP contribution in [-0.2, 0) is 16.4 Å². The molecule has 6 nitrogen and oxygen atoms in total. The van der Waals surface area contributed by atoms with Gasteiger partial charge in [-0.1, -0.05) is 28.1 Å². The quantitative estimate of drug-likeness (QED) is 0.695. The topological polar surface area (TPSA) is 78.5 Å². The van der Waals surface area contributed by atoms with Gasteiger partial charge in [-0.05, 0) is 43.4 Å². The molecule has 2 rings (SSSR count). The third-order valence-corrected chi connectivity index (χ3v) is 5.77. The Morgan fingerprint density at radius 1 is 1.42 bits per heavy atom. The molecule has 8 heteroatoms.